The van der Waals surface area contributed by atoms with Gasteiger partial charge >= 0.3 is 0 Å². The van der Waals surface area contributed by atoms with Crippen molar-refractivity contribution in [3.8, 4) is 0 Å². The number of hydrogen-bond acceptors (Lipinski definition) is 4. The van der Waals surface area contributed by atoms with Gasteiger partial charge in [0.2, 0.25) is 0 Å². The van der Waals surface area contributed by atoms with E-state index < -0.39 is 0 Å². The Morgan fingerprint density at radius 2 is 1.83 bits per heavy atom. The monoisotopic (exact) mass is 403 g/mol. The maximum absolute atomic E-state index is 12.5. The highest BCUT2D eigenvalue weighted by Crippen LogP contribution is 2.32. The fourth-order valence-corrected chi connectivity index (χ4v) is 5.24. The van der Waals surface area contributed by atoms with Crippen LogP contribution in [0.15, 0.2) is 72.1 Å². The molecule has 0 bridgehead atoms. The van der Waals surface area contributed by atoms with Gasteiger partial charge in [0.15, 0.2) is 0 Å². The predicted molar refractivity (Wildman–Crippen MR) is 118 cm³/mol. The topological polar surface area (TPSA) is 35.6 Å². The first-order valence-corrected chi connectivity index (χ1v) is 11.1. The minimum Gasteiger partial charge on any atom is -0.365 e. The summed E-state index contributed by atoms with van der Waals surface area (Å²) >= 11 is 1.50. The molecule has 1 amide bonds. The maximum atomic E-state index is 12.5. The molecule has 5 rings (SSSR count). The Labute approximate surface area is 175 Å². The number of amides is 1. The van der Waals surface area contributed by atoms with E-state index in [1.807, 2.05) is 17.5 Å². The highest BCUT2D eigenvalue weighted by molar-refractivity contribution is 7.12. The smallest absolute Gasteiger partial charge is 0.261 e. The highest BCUT2D eigenvalue weighted by atomic mass is 32.1. The summed E-state index contributed by atoms with van der Waals surface area (Å²) in [4.78, 5) is 18.4. The average Bonchev–Trinajstić information content (AvgIpc) is 3.37. The minimum absolute atomic E-state index is 0.0594. The second-order valence-electron chi connectivity index (χ2n) is 7.96. The van der Waals surface area contributed by atoms with Crippen LogP contribution in [0.4, 0.5) is 5.69 Å². The van der Waals surface area contributed by atoms with Gasteiger partial charge in [-0.25, -0.2) is 0 Å². The van der Waals surface area contributed by atoms with Crippen molar-refractivity contribution in [1.82, 2.24) is 10.2 Å². The second-order valence-corrected chi connectivity index (χ2v) is 8.91. The van der Waals surface area contributed by atoms with Crippen LogP contribution in [-0.4, -0.2) is 36.0 Å². The molecule has 1 aromatic heterocycles. The SMILES string of the molecule is O=C(N[C@H]1C[C@H]2CN(Cc3ccccc3)c3ccccc3CN2C1)c1cccs1. The van der Waals surface area contributed by atoms with Gasteiger partial charge in [-0.3, -0.25) is 9.69 Å². The van der Waals surface area contributed by atoms with Crippen molar-refractivity contribution >= 4 is 22.9 Å². The molecule has 1 saturated heterocycles. The molecule has 0 radical (unpaired) electrons. The van der Waals surface area contributed by atoms with Crippen molar-refractivity contribution in [1.29, 1.82) is 0 Å². The van der Waals surface area contributed by atoms with Crippen LogP contribution in [-0.2, 0) is 13.1 Å². The number of hydrogen-bond donors (Lipinski definition) is 1. The van der Waals surface area contributed by atoms with E-state index in [-0.39, 0.29) is 11.9 Å². The molecule has 29 heavy (non-hydrogen) atoms. The number of fused-ring (bicyclic) bond motifs is 2. The summed E-state index contributed by atoms with van der Waals surface area (Å²) in [5.41, 5.74) is 4.04. The molecule has 2 atom stereocenters. The summed E-state index contributed by atoms with van der Waals surface area (Å²) in [6.07, 6.45) is 0.996. The first kappa shape index (κ1) is 18.4. The van der Waals surface area contributed by atoms with Crippen LogP contribution in [0.3, 0.4) is 0 Å². The van der Waals surface area contributed by atoms with Gasteiger partial charge in [0.1, 0.15) is 0 Å². The molecule has 0 aliphatic carbocycles. The van der Waals surface area contributed by atoms with Gasteiger partial charge < -0.3 is 10.2 Å². The van der Waals surface area contributed by atoms with Crippen LogP contribution in [0.2, 0.25) is 0 Å². The molecule has 2 aromatic carbocycles. The summed E-state index contributed by atoms with van der Waals surface area (Å²) < 4.78 is 0. The standard InChI is InChI=1S/C24H25N3OS/c28-24(23-11-6-12-29-23)25-20-13-21-17-27(14-18-7-2-1-3-8-18)22-10-5-4-9-19(22)15-26(21)16-20/h1-12,20-21H,13-17H2,(H,25,28)/t20-,21-/m0/s1. The summed E-state index contributed by atoms with van der Waals surface area (Å²) in [6.45, 7) is 3.75. The number of rotatable bonds is 4. The number of thiophene rings is 1. The Bertz CT molecular complexity index is 973. The lowest BCUT2D eigenvalue weighted by molar-refractivity contribution is 0.0941. The Balaban J connectivity index is 1.35. The van der Waals surface area contributed by atoms with E-state index in [1.54, 1.807) is 0 Å². The van der Waals surface area contributed by atoms with Gasteiger partial charge in [0, 0.05) is 44.0 Å². The van der Waals surface area contributed by atoms with Crippen LogP contribution in [0.25, 0.3) is 0 Å². The molecule has 4 nitrogen and oxygen atoms in total. The van der Waals surface area contributed by atoms with Gasteiger partial charge in [-0.2, -0.15) is 0 Å². The number of para-hydroxylation sites is 1. The van der Waals surface area contributed by atoms with Gasteiger partial charge in [-0.05, 0) is 35.1 Å². The molecule has 1 N–H and O–H groups in total. The molecular formula is C24H25N3OS. The van der Waals surface area contributed by atoms with Gasteiger partial charge in [-0.15, -0.1) is 11.3 Å². The van der Waals surface area contributed by atoms with E-state index in [0.29, 0.717) is 6.04 Å². The zero-order chi connectivity index (χ0) is 19.6. The molecule has 3 heterocycles. The van der Waals surface area contributed by atoms with Gasteiger partial charge in [-0.1, -0.05) is 54.6 Å². The lowest BCUT2D eigenvalue weighted by Gasteiger charge is -2.28. The molecule has 148 valence electrons. The summed E-state index contributed by atoms with van der Waals surface area (Å²) in [7, 11) is 0. The van der Waals surface area contributed by atoms with Crippen molar-refractivity contribution < 1.29 is 4.79 Å². The molecule has 0 unspecified atom stereocenters. The molecule has 0 saturated carbocycles. The molecule has 0 spiro atoms. The minimum atomic E-state index is 0.0594. The zero-order valence-electron chi connectivity index (χ0n) is 16.3. The highest BCUT2D eigenvalue weighted by Gasteiger charge is 2.36. The Kier molecular flexibility index (Phi) is 5.08. The van der Waals surface area contributed by atoms with E-state index in [1.165, 1.54) is 28.2 Å². The van der Waals surface area contributed by atoms with Crippen molar-refractivity contribution in [2.75, 3.05) is 18.0 Å². The van der Waals surface area contributed by atoms with E-state index in [2.05, 4.69) is 69.7 Å². The summed E-state index contributed by atoms with van der Waals surface area (Å²) in [5, 5.41) is 5.21. The van der Waals surface area contributed by atoms with Crippen LogP contribution in [0.5, 0.6) is 0 Å². The second kappa shape index (κ2) is 8.01. The average molecular weight is 404 g/mol. The largest absolute Gasteiger partial charge is 0.365 e. The fraction of sp³-hybridized carbons (Fsp3) is 0.292. The predicted octanol–water partition coefficient (Wildman–Crippen LogP) is 4.14. The molecule has 3 aromatic rings. The van der Waals surface area contributed by atoms with Crippen LogP contribution >= 0.6 is 11.3 Å². The van der Waals surface area contributed by atoms with Gasteiger partial charge in [0.05, 0.1) is 4.88 Å². The Hall–Kier alpha value is -2.63. The molecular weight excluding hydrogens is 378 g/mol. The number of anilines is 1. The van der Waals surface area contributed by atoms with Crippen molar-refractivity contribution in [2.45, 2.75) is 31.6 Å². The van der Waals surface area contributed by atoms with Crippen LogP contribution < -0.4 is 10.2 Å². The Morgan fingerprint density at radius 1 is 1.00 bits per heavy atom. The number of nitrogens with one attached hydrogen (secondary N) is 1. The Morgan fingerprint density at radius 3 is 2.66 bits per heavy atom. The third-order valence-corrected chi connectivity index (χ3v) is 6.83. The third kappa shape index (κ3) is 3.93. The van der Waals surface area contributed by atoms with Crippen molar-refractivity contribution in [3.05, 3.63) is 88.1 Å². The van der Waals surface area contributed by atoms with E-state index in [9.17, 15) is 4.79 Å². The van der Waals surface area contributed by atoms with Crippen LogP contribution in [0.1, 0.15) is 27.2 Å². The number of nitrogens with zero attached hydrogens (tertiary/aromatic N) is 2. The van der Waals surface area contributed by atoms with E-state index in [0.717, 1.165) is 37.5 Å². The lowest BCUT2D eigenvalue weighted by atomic mass is 10.1. The number of carbonyl (C=O) groups is 1. The zero-order valence-corrected chi connectivity index (χ0v) is 17.1. The first-order valence-electron chi connectivity index (χ1n) is 10.2. The lowest BCUT2D eigenvalue weighted by Crippen LogP contribution is -2.37. The molecule has 2 aliphatic rings. The number of carbonyl (C=O) groups excluding carboxylic acids is 1. The van der Waals surface area contributed by atoms with Crippen molar-refractivity contribution in [2.24, 2.45) is 0 Å². The normalized spacial score (nSPS) is 21.3. The molecule has 1 fully saturated rings. The molecule has 2 aliphatic heterocycles. The summed E-state index contributed by atoms with van der Waals surface area (Å²) in [6, 6.07) is 23.9. The van der Waals surface area contributed by atoms with Gasteiger partial charge in [0.25, 0.3) is 5.91 Å². The molecule has 5 heteroatoms. The first-order chi connectivity index (χ1) is 14.3. The fourth-order valence-electron chi connectivity index (χ4n) is 4.61. The van der Waals surface area contributed by atoms with Crippen molar-refractivity contribution in [3.63, 3.8) is 0 Å². The van der Waals surface area contributed by atoms with E-state index in [4.69, 9.17) is 0 Å². The van der Waals surface area contributed by atoms with E-state index >= 15 is 0 Å². The quantitative estimate of drug-likeness (QED) is 0.711. The summed E-state index contributed by atoms with van der Waals surface area (Å²) in [5.74, 6) is 0.0594. The van der Waals surface area contributed by atoms with Crippen LogP contribution in [0, 0.1) is 0 Å². The third-order valence-electron chi connectivity index (χ3n) is 5.96. The maximum Gasteiger partial charge on any atom is 0.261 e. The number of benzene rings is 2.